The summed E-state index contributed by atoms with van der Waals surface area (Å²) in [4.78, 5) is 39.8. The van der Waals surface area contributed by atoms with E-state index in [-0.39, 0.29) is 0 Å². The third-order valence-corrected chi connectivity index (χ3v) is 4.54. The number of carbonyl (C=O) groups is 3. The Labute approximate surface area is 156 Å². The van der Waals surface area contributed by atoms with Gasteiger partial charge in [-0.1, -0.05) is 23.8 Å². The van der Waals surface area contributed by atoms with Gasteiger partial charge in [-0.25, -0.2) is 9.18 Å². The molecule has 140 valence electrons. The molecule has 6 nitrogen and oxygen atoms in total. The van der Waals surface area contributed by atoms with Gasteiger partial charge in [0, 0.05) is 11.4 Å². The van der Waals surface area contributed by atoms with Crippen molar-refractivity contribution in [3.05, 3.63) is 59.4 Å². The quantitative estimate of drug-likeness (QED) is 0.841. The molecule has 1 atom stereocenters. The highest BCUT2D eigenvalue weighted by Gasteiger charge is 2.44. The van der Waals surface area contributed by atoms with Crippen LogP contribution in [-0.4, -0.2) is 35.3 Å². The minimum Gasteiger partial charge on any atom is -0.324 e. The molecule has 2 aromatic rings. The lowest BCUT2D eigenvalue weighted by atomic mass is 10.2. The molecule has 1 fully saturated rings. The molecule has 0 unspecified atom stereocenters. The number of benzene rings is 2. The highest BCUT2D eigenvalue weighted by Crippen LogP contribution is 2.26. The summed E-state index contributed by atoms with van der Waals surface area (Å²) in [5, 5.41) is 2.55. The van der Waals surface area contributed by atoms with Crippen molar-refractivity contribution in [1.82, 2.24) is 4.90 Å². The SMILES string of the molecule is Cc1ccc(N2C(=O)N(CC(=O)Nc3cc(F)ccc3C)C(=O)[C@@H]2C)cc1. The van der Waals surface area contributed by atoms with Gasteiger partial charge >= 0.3 is 6.03 Å². The van der Waals surface area contributed by atoms with Crippen LogP contribution in [-0.2, 0) is 9.59 Å². The maximum atomic E-state index is 13.4. The monoisotopic (exact) mass is 369 g/mol. The molecule has 3 rings (SSSR count). The Bertz CT molecular complexity index is 911. The second-order valence-corrected chi connectivity index (χ2v) is 6.60. The fourth-order valence-electron chi connectivity index (χ4n) is 2.97. The highest BCUT2D eigenvalue weighted by atomic mass is 19.1. The number of halogens is 1. The summed E-state index contributed by atoms with van der Waals surface area (Å²) in [5.74, 6) is -1.50. The van der Waals surface area contributed by atoms with Crippen LogP contribution in [0.5, 0.6) is 0 Å². The molecular weight excluding hydrogens is 349 g/mol. The number of anilines is 2. The van der Waals surface area contributed by atoms with Crippen LogP contribution < -0.4 is 10.2 Å². The molecule has 1 aliphatic rings. The van der Waals surface area contributed by atoms with Crippen LogP contribution in [0.2, 0.25) is 0 Å². The highest BCUT2D eigenvalue weighted by molar-refractivity contribution is 6.16. The zero-order valence-corrected chi connectivity index (χ0v) is 15.3. The van der Waals surface area contributed by atoms with Gasteiger partial charge in [0.2, 0.25) is 5.91 Å². The number of urea groups is 1. The largest absolute Gasteiger partial charge is 0.332 e. The first-order valence-electron chi connectivity index (χ1n) is 8.55. The molecule has 0 spiro atoms. The Morgan fingerprint density at radius 2 is 1.78 bits per heavy atom. The molecule has 0 aliphatic carbocycles. The zero-order valence-electron chi connectivity index (χ0n) is 15.3. The average molecular weight is 369 g/mol. The van der Waals surface area contributed by atoms with Crippen molar-refractivity contribution in [3.8, 4) is 0 Å². The van der Waals surface area contributed by atoms with E-state index in [0.29, 0.717) is 16.9 Å². The number of hydrogen-bond donors (Lipinski definition) is 1. The van der Waals surface area contributed by atoms with E-state index in [9.17, 15) is 18.8 Å². The van der Waals surface area contributed by atoms with Crippen LogP contribution in [0.1, 0.15) is 18.1 Å². The van der Waals surface area contributed by atoms with Crippen molar-refractivity contribution in [2.45, 2.75) is 26.8 Å². The third-order valence-electron chi connectivity index (χ3n) is 4.54. The standard InChI is InChI=1S/C20H20FN3O3/c1-12-4-8-16(9-5-12)24-14(3)19(26)23(20(24)27)11-18(25)22-17-10-15(21)7-6-13(17)2/h4-10,14H,11H2,1-3H3,(H,22,25)/t14-/m0/s1. The smallest absolute Gasteiger partial charge is 0.324 e. The predicted molar refractivity (Wildman–Crippen MR) is 100.0 cm³/mol. The summed E-state index contributed by atoms with van der Waals surface area (Å²) in [6, 6.07) is 9.99. The van der Waals surface area contributed by atoms with Crippen molar-refractivity contribution >= 4 is 29.2 Å². The summed E-state index contributed by atoms with van der Waals surface area (Å²) < 4.78 is 13.4. The number of aryl methyl sites for hydroxylation is 2. The fraction of sp³-hybridized carbons (Fsp3) is 0.250. The molecule has 27 heavy (non-hydrogen) atoms. The second-order valence-electron chi connectivity index (χ2n) is 6.60. The summed E-state index contributed by atoms with van der Waals surface area (Å²) in [7, 11) is 0. The Hall–Kier alpha value is -3.22. The second kappa shape index (κ2) is 7.19. The number of amides is 4. The molecule has 0 radical (unpaired) electrons. The van der Waals surface area contributed by atoms with E-state index in [1.807, 2.05) is 19.1 Å². The lowest BCUT2D eigenvalue weighted by Gasteiger charge is -2.19. The number of imide groups is 1. The topological polar surface area (TPSA) is 69.7 Å². The molecule has 4 amide bonds. The van der Waals surface area contributed by atoms with E-state index in [1.165, 1.54) is 23.1 Å². The number of hydrogen-bond acceptors (Lipinski definition) is 3. The Kier molecular flexibility index (Phi) is 4.94. The lowest BCUT2D eigenvalue weighted by Crippen LogP contribution is -2.39. The Balaban J connectivity index is 1.75. The molecular formula is C20H20FN3O3. The van der Waals surface area contributed by atoms with Crippen LogP contribution >= 0.6 is 0 Å². The third kappa shape index (κ3) is 3.67. The van der Waals surface area contributed by atoms with Gasteiger partial charge in [-0.15, -0.1) is 0 Å². The maximum Gasteiger partial charge on any atom is 0.332 e. The minimum atomic E-state index is -0.705. The summed E-state index contributed by atoms with van der Waals surface area (Å²) in [5.41, 5.74) is 2.61. The van der Waals surface area contributed by atoms with E-state index in [0.717, 1.165) is 10.5 Å². The van der Waals surface area contributed by atoms with Gasteiger partial charge in [0.15, 0.2) is 0 Å². The van der Waals surface area contributed by atoms with Gasteiger partial charge in [0.05, 0.1) is 0 Å². The molecule has 7 heteroatoms. The van der Waals surface area contributed by atoms with Gasteiger partial charge in [-0.3, -0.25) is 19.4 Å². The molecule has 1 aliphatic heterocycles. The molecule has 1 heterocycles. The van der Waals surface area contributed by atoms with Crippen LogP contribution in [0.15, 0.2) is 42.5 Å². The van der Waals surface area contributed by atoms with Crippen LogP contribution in [0.3, 0.4) is 0 Å². The molecule has 1 saturated heterocycles. The van der Waals surface area contributed by atoms with Crippen molar-refractivity contribution < 1.29 is 18.8 Å². The number of nitrogens with one attached hydrogen (secondary N) is 1. The fourth-order valence-corrected chi connectivity index (χ4v) is 2.97. The molecule has 0 aromatic heterocycles. The Morgan fingerprint density at radius 1 is 1.11 bits per heavy atom. The van der Waals surface area contributed by atoms with Crippen molar-refractivity contribution in [2.75, 3.05) is 16.8 Å². The maximum absolute atomic E-state index is 13.4. The minimum absolute atomic E-state index is 0.308. The first-order valence-corrected chi connectivity index (χ1v) is 8.55. The van der Waals surface area contributed by atoms with Crippen molar-refractivity contribution in [2.24, 2.45) is 0 Å². The van der Waals surface area contributed by atoms with Crippen LogP contribution in [0.25, 0.3) is 0 Å². The zero-order chi connectivity index (χ0) is 19.7. The molecule has 1 N–H and O–H groups in total. The summed E-state index contributed by atoms with van der Waals surface area (Å²) in [6.45, 7) is 4.84. The van der Waals surface area contributed by atoms with E-state index < -0.39 is 36.2 Å². The first-order chi connectivity index (χ1) is 12.8. The average Bonchev–Trinajstić information content (AvgIpc) is 2.83. The molecule has 2 aromatic carbocycles. The van der Waals surface area contributed by atoms with Crippen LogP contribution in [0.4, 0.5) is 20.6 Å². The van der Waals surface area contributed by atoms with Gasteiger partial charge in [0.1, 0.15) is 18.4 Å². The number of rotatable bonds is 4. The van der Waals surface area contributed by atoms with Crippen molar-refractivity contribution in [1.29, 1.82) is 0 Å². The van der Waals surface area contributed by atoms with Crippen molar-refractivity contribution in [3.63, 3.8) is 0 Å². The van der Waals surface area contributed by atoms with E-state index >= 15 is 0 Å². The number of carbonyl (C=O) groups excluding carboxylic acids is 3. The van der Waals surface area contributed by atoms with E-state index in [4.69, 9.17) is 0 Å². The summed E-state index contributed by atoms with van der Waals surface area (Å²) >= 11 is 0. The predicted octanol–water partition coefficient (Wildman–Crippen LogP) is 3.24. The number of nitrogens with zero attached hydrogens (tertiary/aromatic N) is 2. The first kappa shape index (κ1) is 18.6. The van der Waals surface area contributed by atoms with Crippen LogP contribution in [0, 0.1) is 19.7 Å². The van der Waals surface area contributed by atoms with Gasteiger partial charge in [-0.2, -0.15) is 0 Å². The van der Waals surface area contributed by atoms with E-state index in [1.54, 1.807) is 26.0 Å². The van der Waals surface area contributed by atoms with Gasteiger partial charge in [-0.05, 0) is 50.6 Å². The summed E-state index contributed by atoms with van der Waals surface area (Å²) in [6.07, 6.45) is 0. The molecule has 0 saturated carbocycles. The lowest BCUT2D eigenvalue weighted by molar-refractivity contribution is -0.130. The molecule has 0 bridgehead atoms. The normalized spacial score (nSPS) is 16.8. The Morgan fingerprint density at radius 3 is 2.44 bits per heavy atom. The van der Waals surface area contributed by atoms with Gasteiger partial charge in [0.25, 0.3) is 5.91 Å². The van der Waals surface area contributed by atoms with E-state index in [2.05, 4.69) is 5.32 Å². The van der Waals surface area contributed by atoms with Gasteiger partial charge < -0.3 is 5.32 Å².